The van der Waals surface area contributed by atoms with Crippen LogP contribution in [0.2, 0.25) is 0 Å². The van der Waals surface area contributed by atoms with Gasteiger partial charge in [-0.05, 0) is 39.5 Å². The highest BCUT2D eigenvalue weighted by Crippen LogP contribution is 2.25. The summed E-state index contributed by atoms with van der Waals surface area (Å²) in [4.78, 5) is 31.7. The van der Waals surface area contributed by atoms with Gasteiger partial charge in [0.15, 0.2) is 0 Å². The zero-order valence-electron chi connectivity index (χ0n) is 15.3. The molecule has 3 rings (SSSR count). The summed E-state index contributed by atoms with van der Waals surface area (Å²) in [5.74, 6) is 0.0549. The maximum atomic E-state index is 12.4. The van der Waals surface area contributed by atoms with Crippen LogP contribution in [0.3, 0.4) is 0 Å². The molecule has 1 aliphatic carbocycles. The molecule has 2 heterocycles. The minimum absolute atomic E-state index is 0.0299. The summed E-state index contributed by atoms with van der Waals surface area (Å²) < 4.78 is 0. The summed E-state index contributed by atoms with van der Waals surface area (Å²) in [7, 11) is 0. The fraction of sp³-hybridized carbons (Fsp3) is 0.556. The van der Waals surface area contributed by atoms with Gasteiger partial charge in [0.25, 0.3) is 5.91 Å². The van der Waals surface area contributed by atoms with Gasteiger partial charge in [-0.25, -0.2) is 4.98 Å². The van der Waals surface area contributed by atoms with Crippen molar-refractivity contribution in [1.82, 2.24) is 30.8 Å². The van der Waals surface area contributed by atoms with Crippen LogP contribution in [-0.2, 0) is 11.2 Å². The Hall–Kier alpha value is -2.64. The van der Waals surface area contributed by atoms with Gasteiger partial charge < -0.3 is 15.6 Å². The normalized spacial score (nSPS) is 19.9. The summed E-state index contributed by atoms with van der Waals surface area (Å²) in [6, 6.07) is 0.116. The average molecular weight is 358 g/mol. The molecule has 1 aliphatic rings. The van der Waals surface area contributed by atoms with E-state index in [0.29, 0.717) is 17.8 Å². The predicted molar refractivity (Wildman–Crippen MR) is 96.6 cm³/mol. The molecule has 8 heteroatoms. The van der Waals surface area contributed by atoms with E-state index in [-0.39, 0.29) is 23.8 Å². The standard InChI is InChI=1S/C18H26N6O2/c1-11-16(12(2)24-23-11)18(26)22-14-5-3-13(4-6-14)17(25)20-8-7-15-9-19-10-21-15/h9-10,13-14H,3-8H2,1-2H3,(H,19,21)(H,20,25)(H,22,26)(H,23,24). The number of H-pyrrole nitrogens is 2. The molecule has 2 aromatic rings. The van der Waals surface area contributed by atoms with Gasteiger partial charge in [-0.3, -0.25) is 14.7 Å². The number of imidazole rings is 1. The number of nitrogens with zero attached hydrogens (tertiary/aromatic N) is 2. The van der Waals surface area contributed by atoms with Crippen LogP contribution >= 0.6 is 0 Å². The van der Waals surface area contributed by atoms with Crippen LogP contribution in [0.15, 0.2) is 12.5 Å². The average Bonchev–Trinajstić information content (AvgIpc) is 3.25. The fourth-order valence-electron chi connectivity index (χ4n) is 3.53. The lowest BCUT2D eigenvalue weighted by Gasteiger charge is -2.28. The van der Waals surface area contributed by atoms with Gasteiger partial charge in [0.05, 0.1) is 17.6 Å². The van der Waals surface area contributed by atoms with Gasteiger partial charge in [0.1, 0.15) is 0 Å². The monoisotopic (exact) mass is 358 g/mol. The third kappa shape index (κ3) is 4.30. The number of hydrogen-bond acceptors (Lipinski definition) is 4. The number of hydrogen-bond donors (Lipinski definition) is 4. The van der Waals surface area contributed by atoms with Crippen molar-refractivity contribution in [3.8, 4) is 0 Å². The highest BCUT2D eigenvalue weighted by atomic mass is 16.2. The van der Waals surface area contributed by atoms with E-state index in [4.69, 9.17) is 0 Å². The second kappa shape index (κ2) is 8.16. The van der Waals surface area contributed by atoms with Crippen LogP contribution in [0.4, 0.5) is 0 Å². The van der Waals surface area contributed by atoms with Crippen molar-refractivity contribution in [1.29, 1.82) is 0 Å². The third-order valence-corrected chi connectivity index (χ3v) is 5.04. The van der Waals surface area contributed by atoms with Crippen molar-refractivity contribution >= 4 is 11.8 Å². The second-order valence-corrected chi connectivity index (χ2v) is 6.95. The Morgan fingerprint density at radius 1 is 1.23 bits per heavy atom. The lowest BCUT2D eigenvalue weighted by Crippen LogP contribution is -2.41. The first-order chi connectivity index (χ1) is 12.5. The topological polar surface area (TPSA) is 116 Å². The van der Waals surface area contributed by atoms with E-state index in [9.17, 15) is 9.59 Å². The molecular weight excluding hydrogens is 332 g/mol. The Kier molecular flexibility index (Phi) is 5.70. The first-order valence-electron chi connectivity index (χ1n) is 9.12. The Balaban J connectivity index is 1.41. The molecule has 2 amide bonds. The summed E-state index contributed by atoms with van der Waals surface area (Å²) in [5, 5.41) is 13.0. The van der Waals surface area contributed by atoms with Crippen LogP contribution in [0, 0.1) is 19.8 Å². The molecule has 140 valence electrons. The molecule has 4 N–H and O–H groups in total. The zero-order chi connectivity index (χ0) is 18.5. The van der Waals surface area contributed by atoms with E-state index >= 15 is 0 Å². The molecule has 0 aromatic carbocycles. The zero-order valence-corrected chi connectivity index (χ0v) is 15.3. The smallest absolute Gasteiger partial charge is 0.255 e. The maximum Gasteiger partial charge on any atom is 0.255 e. The van der Waals surface area contributed by atoms with Crippen LogP contribution in [0.25, 0.3) is 0 Å². The number of rotatable bonds is 6. The molecule has 1 saturated carbocycles. The van der Waals surface area contributed by atoms with Crippen LogP contribution < -0.4 is 10.6 Å². The minimum atomic E-state index is -0.0822. The molecule has 0 bridgehead atoms. The van der Waals surface area contributed by atoms with Crippen molar-refractivity contribution in [3.63, 3.8) is 0 Å². The predicted octanol–water partition coefficient (Wildman–Crippen LogP) is 1.40. The molecule has 2 aromatic heterocycles. The van der Waals surface area contributed by atoms with E-state index < -0.39 is 0 Å². The van der Waals surface area contributed by atoms with Crippen molar-refractivity contribution in [2.45, 2.75) is 52.0 Å². The molecule has 1 fully saturated rings. The minimum Gasteiger partial charge on any atom is -0.355 e. The van der Waals surface area contributed by atoms with Crippen LogP contribution in [0.5, 0.6) is 0 Å². The lowest BCUT2D eigenvalue weighted by atomic mass is 9.85. The van der Waals surface area contributed by atoms with Crippen molar-refractivity contribution in [2.75, 3.05) is 6.54 Å². The highest BCUT2D eigenvalue weighted by molar-refractivity contribution is 5.96. The van der Waals surface area contributed by atoms with Crippen LogP contribution in [0.1, 0.15) is 53.1 Å². The highest BCUT2D eigenvalue weighted by Gasteiger charge is 2.28. The third-order valence-electron chi connectivity index (χ3n) is 5.04. The largest absolute Gasteiger partial charge is 0.355 e. The van der Waals surface area contributed by atoms with Gasteiger partial charge in [-0.2, -0.15) is 5.10 Å². The molecule has 0 aliphatic heterocycles. The molecule has 0 atom stereocenters. The number of nitrogens with one attached hydrogen (secondary N) is 4. The Morgan fingerprint density at radius 2 is 2.00 bits per heavy atom. The molecule has 0 unspecified atom stereocenters. The second-order valence-electron chi connectivity index (χ2n) is 6.95. The lowest BCUT2D eigenvalue weighted by molar-refractivity contribution is -0.126. The molecule has 0 spiro atoms. The van der Waals surface area contributed by atoms with Crippen molar-refractivity contribution in [3.05, 3.63) is 35.2 Å². The Morgan fingerprint density at radius 3 is 2.62 bits per heavy atom. The van der Waals surface area contributed by atoms with Gasteiger partial charge in [-0.15, -0.1) is 0 Å². The number of aryl methyl sites for hydroxylation is 2. The molecular formula is C18H26N6O2. The van der Waals surface area contributed by atoms with Gasteiger partial charge >= 0.3 is 0 Å². The Labute approximate surface area is 152 Å². The van der Waals surface area contributed by atoms with Gasteiger partial charge in [0.2, 0.25) is 5.91 Å². The summed E-state index contributed by atoms with van der Waals surface area (Å²) in [6.45, 7) is 4.28. The number of carbonyl (C=O) groups is 2. The quantitative estimate of drug-likeness (QED) is 0.624. The molecule has 8 nitrogen and oxygen atoms in total. The SMILES string of the molecule is Cc1n[nH]c(C)c1C(=O)NC1CCC(C(=O)NCCc2cnc[nH]2)CC1. The number of aromatic nitrogens is 4. The molecule has 0 saturated heterocycles. The molecule has 0 radical (unpaired) electrons. The number of carbonyl (C=O) groups excluding carboxylic acids is 2. The maximum absolute atomic E-state index is 12.4. The van der Waals surface area contributed by atoms with Crippen molar-refractivity contribution in [2.24, 2.45) is 5.92 Å². The Bertz CT molecular complexity index is 724. The summed E-state index contributed by atoms with van der Waals surface area (Å²) >= 11 is 0. The van der Waals surface area contributed by atoms with E-state index in [1.165, 1.54) is 0 Å². The van der Waals surface area contributed by atoms with Gasteiger partial charge in [-0.1, -0.05) is 0 Å². The fourth-order valence-corrected chi connectivity index (χ4v) is 3.53. The number of aromatic amines is 2. The summed E-state index contributed by atoms with van der Waals surface area (Å²) in [6.07, 6.45) is 7.39. The first-order valence-corrected chi connectivity index (χ1v) is 9.12. The van der Waals surface area contributed by atoms with Crippen LogP contribution in [-0.4, -0.2) is 44.6 Å². The van der Waals surface area contributed by atoms with Crippen molar-refractivity contribution < 1.29 is 9.59 Å². The summed E-state index contributed by atoms with van der Waals surface area (Å²) in [5.41, 5.74) is 3.14. The van der Waals surface area contributed by atoms with E-state index in [1.54, 1.807) is 12.5 Å². The first kappa shape index (κ1) is 18.2. The number of amides is 2. The molecule has 26 heavy (non-hydrogen) atoms. The van der Waals surface area contributed by atoms with Gasteiger partial charge in [0, 0.05) is 42.5 Å². The van der Waals surface area contributed by atoms with E-state index in [1.807, 2.05) is 13.8 Å². The van der Waals surface area contributed by atoms with E-state index in [2.05, 4.69) is 30.8 Å². The van der Waals surface area contributed by atoms with E-state index in [0.717, 1.165) is 43.5 Å².